The molecule has 0 bridgehead atoms. The molecular formula is C28H25FN4O2. The molecule has 0 atom stereocenters. The second-order valence-electron chi connectivity index (χ2n) is 8.42. The third-order valence-electron chi connectivity index (χ3n) is 6.03. The molecule has 1 amide bonds. The van der Waals surface area contributed by atoms with E-state index in [1.54, 1.807) is 30.2 Å². The van der Waals surface area contributed by atoms with Crippen LogP contribution >= 0.6 is 0 Å². The Morgan fingerprint density at radius 1 is 0.886 bits per heavy atom. The molecule has 1 saturated heterocycles. The molecule has 4 aromatic rings. The number of nitrogens with zero attached hydrogens (tertiary/aromatic N) is 4. The maximum atomic E-state index is 13.6. The maximum absolute atomic E-state index is 13.6. The number of hydrogen-bond acceptors (Lipinski definition) is 5. The first-order valence-electron chi connectivity index (χ1n) is 11.5. The summed E-state index contributed by atoms with van der Waals surface area (Å²) >= 11 is 0. The Balaban J connectivity index is 1.23. The van der Waals surface area contributed by atoms with Gasteiger partial charge in [-0.3, -0.25) is 4.79 Å². The van der Waals surface area contributed by atoms with Gasteiger partial charge in [-0.15, -0.1) is 0 Å². The van der Waals surface area contributed by atoms with Crippen LogP contribution in [0.1, 0.15) is 15.9 Å². The second kappa shape index (κ2) is 9.93. The van der Waals surface area contributed by atoms with Crippen molar-refractivity contribution < 1.29 is 13.9 Å². The summed E-state index contributed by atoms with van der Waals surface area (Å²) in [5.41, 5.74) is 2.77. The first-order valence-corrected chi connectivity index (χ1v) is 11.5. The zero-order valence-corrected chi connectivity index (χ0v) is 19.4. The van der Waals surface area contributed by atoms with Gasteiger partial charge in [-0.2, -0.15) is 0 Å². The van der Waals surface area contributed by atoms with E-state index in [1.165, 1.54) is 6.07 Å². The normalized spacial score (nSPS) is 13.5. The Morgan fingerprint density at radius 3 is 2.31 bits per heavy atom. The highest BCUT2D eigenvalue weighted by Gasteiger charge is 2.24. The minimum atomic E-state index is -0.304. The molecule has 0 unspecified atom stereocenters. The Labute approximate surface area is 203 Å². The number of hydrogen-bond donors (Lipinski definition) is 0. The van der Waals surface area contributed by atoms with Gasteiger partial charge in [0.25, 0.3) is 5.91 Å². The van der Waals surface area contributed by atoms with Gasteiger partial charge in [0.15, 0.2) is 0 Å². The largest absolute Gasteiger partial charge is 0.457 e. The number of benzene rings is 3. The van der Waals surface area contributed by atoms with Crippen molar-refractivity contribution in [1.82, 2.24) is 14.9 Å². The van der Waals surface area contributed by atoms with Gasteiger partial charge in [0.2, 0.25) is 5.95 Å². The van der Waals surface area contributed by atoms with Crippen molar-refractivity contribution in [1.29, 1.82) is 0 Å². The quantitative estimate of drug-likeness (QED) is 0.395. The molecule has 5 rings (SSSR count). The van der Waals surface area contributed by atoms with Crippen LogP contribution < -0.4 is 9.64 Å². The number of carbonyl (C=O) groups excluding carboxylic acids is 1. The van der Waals surface area contributed by atoms with Crippen LogP contribution in [0.25, 0.3) is 11.3 Å². The predicted molar refractivity (Wildman–Crippen MR) is 133 cm³/mol. The minimum Gasteiger partial charge on any atom is -0.457 e. The minimum absolute atomic E-state index is 0.0831. The van der Waals surface area contributed by atoms with Crippen LogP contribution in [0.5, 0.6) is 11.5 Å². The molecule has 0 aliphatic carbocycles. The molecule has 0 N–H and O–H groups in total. The molecule has 35 heavy (non-hydrogen) atoms. The molecule has 0 saturated carbocycles. The second-order valence-corrected chi connectivity index (χ2v) is 8.42. The van der Waals surface area contributed by atoms with E-state index in [4.69, 9.17) is 9.72 Å². The van der Waals surface area contributed by atoms with Gasteiger partial charge in [-0.1, -0.05) is 18.2 Å². The number of carbonyl (C=O) groups is 1. The summed E-state index contributed by atoms with van der Waals surface area (Å²) in [4.78, 5) is 25.9. The summed E-state index contributed by atoms with van der Waals surface area (Å²) in [6.45, 7) is 4.01. The Kier molecular flexibility index (Phi) is 6.39. The SMILES string of the molecule is Cc1cc(C(=O)N2CCN(c3nccc(-c4ccc(Oc5ccccc5)cc4)n3)CC2)ccc1F. The van der Waals surface area contributed by atoms with Crippen molar-refractivity contribution in [2.45, 2.75) is 6.92 Å². The lowest BCUT2D eigenvalue weighted by Crippen LogP contribution is -2.49. The summed E-state index contributed by atoms with van der Waals surface area (Å²) in [7, 11) is 0. The molecule has 1 fully saturated rings. The van der Waals surface area contributed by atoms with Crippen LogP contribution in [0, 0.1) is 12.7 Å². The van der Waals surface area contributed by atoms with Gasteiger partial charge < -0.3 is 14.5 Å². The number of aryl methyl sites for hydroxylation is 1. The molecule has 1 aliphatic rings. The molecule has 7 heteroatoms. The summed E-state index contributed by atoms with van der Waals surface area (Å²) < 4.78 is 19.4. The topological polar surface area (TPSA) is 58.6 Å². The van der Waals surface area contributed by atoms with Crippen LogP contribution in [-0.4, -0.2) is 47.0 Å². The fourth-order valence-electron chi connectivity index (χ4n) is 4.05. The first kappa shape index (κ1) is 22.5. The number of ether oxygens (including phenoxy) is 1. The monoisotopic (exact) mass is 468 g/mol. The molecule has 2 heterocycles. The Hall–Kier alpha value is -4.26. The van der Waals surface area contributed by atoms with Crippen LogP contribution in [0.4, 0.5) is 10.3 Å². The molecule has 0 radical (unpaired) electrons. The Morgan fingerprint density at radius 2 is 1.60 bits per heavy atom. The first-order chi connectivity index (χ1) is 17.1. The molecule has 0 spiro atoms. The van der Waals surface area contributed by atoms with Gasteiger partial charge in [0, 0.05) is 43.5 Å². The van der Waals surface area contributed by atoms with E-state index in [-0.39, 0.29) is 11.7 Å². The molecule has 3 aromatic carbocycles. The number of aromatic nitrogens is 2. The van der Waals surface area contributed by atoms with Gasteiger partial charge in [0.1, 0.15) is 17.3 Å². The van der Waals surface area contributed by atoms with Crippen molar-refractivity contribution in [3.8, 4) is 22.8 Å². The van der Waals surface area contributed by atoms with Gasteiger partial charge >= 0.3 is 0 Å². The highest BCUT2D eigenvalue weighted by molar-refractivity contribution is 5.94. The van der Waals surface area contributed by atoms with E-state index >= 15 is 0 Å². The Bertz CT molecular complexity index is 1320. The van der Waals surface area contributed by atoms with Crippen LogP contribution in [0.3, 0.4) is 0 Å². The van der Waals surface area contributed by atoms with E-state index in [0.29, 0.717) is 43.3 Å². The van der Waals surface area contributed by atoms with Crippen molar-refractivity contribution in [2.24, 2.45) is 0 Å². The van der Waals surface area contributed by atoms with E-state index in [1.807, 2.05) is 60.7 Å². The zero-order chi connectivity index (χ0) is 24.2. The lowest BCUT2D eigenvalue weighted by molar-refractivity contribution is 0.0746. The third-order valence-corrected chi connectivity index (χ3v) is 6.03. The number of anilines is 1. The van der Waals surface area contributed by atoms with Gasteiger partial charge in [-0.25, -0.2) is 14.4 Å². The maximum Gasteiger partial charge on any atom is 0.253 e. The van der Waals surface area contributed by atoms with E-state index < -0.39 is 0 Å². The zero-order valence-electron chi connectivity index (χ0n) is 19.4. The van der Waals surface area contributed by atoms with Crippen molar-refractivity contribution in [3.05, 3.63) is 102 Å². The van der Waals surface area contributed by atoms with Crippen molar-refractivity contribution >= 4 is 11.9 Å². The summed E-state index contributed by atoms with van der Waals surface area (Å²) in [6, 6.07) is 23.8. The lowest BCUT2D eigenvalue weighted by atomic mass is 10.1. The predicted octanol–water partition coefficient (Wildman–Crippen LogP) is 5.35. The van der Waals surface area contributed by atoms with Crippen molar-refractivity contribution in [3.63, 3.8) is 0 Å². The number of piperazine rings is 1. The summed E-state index contributed by atoms with van der Waals surface area (Å²) in [6.07, 6.45) is 1.75. The molecular weight excluding hydrogens is 443 g/mol. The van der Waals surface area contributed by atoms with E-state index in [0.717, 1.165) is 22.8 Å². The van der Waals surface area contributed by atoms with Crippen LogP contribution in [-0.2, 0) is 0 Å². The number of rotatable bonds is 5. The van der Waals surface area contributed by atoms with Crippen LogP contribution in [0.2, 0.25) is 0 Å². The number of amides is 1. The lowest BCUT2D eigenvalue weighted by Gasteiger charge is -2.35. The average molecular weight is 469 g/mol. The smallest absolute Gasteiger partial charge is 0.253 e. The molecule has 176 valence electrons. The highest BCUT2D eigenvalue weighted by Crippen LogP contribution is 2.26. The number of para-hydroxylation sites is 1. The van der Waals surface area contributed by atoms with Gasteiger partial charge in [-0.05, 0) is 73.2 Å². The highest BCUT2D eigenvalue weighted by atomic mass is 19.1. The van der Waals surface area contributed by atoms with Crippen molar-refractivity contribution in [2.75, 3.05) is 31.1 Å². The van der Waals surface area contributed by atoms with E-state index in [9.17, 15) is 9.18 Å². The standard InChI is InChI=1S/C28H25FN4O2/c1-20-19-22(9-12-25(20)29)27(34)32-15-17-33(18-16-32)28-30-14-13-26(31-28)21-7-10-24(11-8-21)35-23-5-3-2-4-6-23/h2-14,19H,15-18H2,1H3. The fraction of sp³-hybridized carbons (Fsp3) is 0.179. The third kappa shape index (κ3) is 5.14. The van der Waals surface area contributed by atoms with Gasteiger partial charge in [0.05, 0.1) is 5.69 Å². The molecule has 6 nitrogen and oxygen atoms in total. The molecule has 1 aliphatic heterocycles. The summed E-state index contributed by atoms with van der Waals surface area (Å²) in [5, 5.41) is 0. The van der Waals surface area contributed by atoms with Crippen LogP contribution in [0.15, 0.2) is 85.1 Å². The van der Waals surface area contributed by atoms with E-state index in [2.05, 4.69) is 9.88 Å². The summed E-state index contributed by atoms with van der Waals surface area (Å²) in [5.74, 6) is 1.79. The number of halogens is 1. The molecule has 1 aromatic heterocycles. The average Bonchev–Trinajstić information content (AvgIpc) is 2.91. The fourth-order valence-corrected chi connectivity index (χ4v) is 4.05.